The third-order valence-electron chi connectivity index (χ3n) is 0.406. The molecule has 0 spiro atoms. The van der Waals surface area contributed by atoms with Crippen LogP contribution in [0.5, 0.6) is 0 Å². The van der Waals surface area contributed by atoms with Gasteiger partial charge in [-0.15, -0.1) is 0 Å². The third kappa shape index (κ3) is 5.40. The second kappa shape index (κ2) is 6.40. The summed E-state index contributed by atoms with van der Waals surface area (Å²) in [5, 5.41) is 0. The molecule has 0 aliphatic rings. The highest BCUT2D eigenvalue weighted by molar-refractivity contribution is 7.16. The normalized spacial score (nSPS) is 8.62. The first-order valence-corrected chi connectivity index (χ1v) is 2.91. The molecule has 1 heterocycles. The maximum absolute atomic E-state index is 8.57. The van der Waals surface area contributed by atoms with Crippen LogP contribution in [0.25, 0.3) is 0 Å². The lowest BCUT2D eigenvalue weighted by molar-refractivity contribution is 0.524. The van der Waals surface area contributed by atoms with Crippen LogP contribution >= 0.6 is 8.69 Å². The molecule has 2 N–H and O–H groups in total. The van der Waals surface area contributed by atoms with E-state index in [0.717, 1.165) is 0 Å². The summed E-state index contributed by atoms with van der Waals surface area (Å²) < 4.78 is 8.57. The smallest absolute Gasteiger partial charge is 0.177 e. The van der Waals surface area contributed by atoms with Crippen molar-refractivity contribution in [1.82, 2.24) is 9.97 Å². The van der Waals surface area contributed by atoms with E-state index in [-0.39, 0.29) is 0 Å². The average Bonchev–Trinajstić information content (AvgIpc) is 2.17. The van der Waals surface area contributed by atoms with E-state index in [4.69, 9.17) is 9.46 Å². The maximum atomic E-state index is 8.57. The predicted molar refractivity (Wildman–Crippen MR) is 31.2 cm³/mol. The third-order valence-corrected chi connectivity index (χ3v) is 0.406. The van der Waals surface area contributed by atoms with E-state index < -0.39 is 8.69 Å². The van der Waals surface area contributed by atoms with E-state index in [9.17, 15) is 0 Å². The molecule has 0 saturated heterocycles. The van der Waals surface area contributed by atoms with Gasteiger partial charge in [0.05, 0.1) is 6.33 Å². The number of nitrogens with one attached hydrogen (secondary N) is 1. The van der Waals surface area contributed by atoms with Crippen LogP contribution in [0.4, 0.5) is 0 Å². The monoisotopic (exact) mass is 134 g/mol. The predicted octanol–water partition coefficient (Wildman–Crippen LogP) is 0.0597. The highest BCUT2D eigenvalue weighted by atomic mass is 31.1. The Labute approximate surface area is 47.9 Å². The van der Waals surface area contributed by atoms with Crippen LogP contribution in [0, 0.1) is 0 Å². The topological polar surface area (TPSA) is 66.0 Å². The van der Waals surface area contributed by atoms with Gasteiger partial charge in [-0.1, -0.05) is 0 Å². The molecule has 5 heteroatoms. The van der Waals surface area contributed by atoms with Crippen molar-refractivity contribution in [2.24, 2.45) is 0 Å². The first-order chi connectivity index (χ1) is 3.91. The fraction of sp³-hybridized carbons (Fsp3) is 0. The molecule has 1 aromatic rings. The molecule has 8 heavy (non-hydrogen) atoms. The molecule has 1 unspecified atom stereocenters. The number of rotatable bonds is 0. The van der Waals surface area contributed by atoms with Crippen molar-refractivity contribution in [2.75, 3.05) is 0 Å². The van der Waals surface area contributed by atoms with Gasteiger partial charge in [0.1, 0.15) is 0 Å². The van der Waals surface area contributed by atoms with Crippen LogP contribution in [0.2, 0.25) is 0 Å². The summed E-state index contributed by atoms with van der Waals surface area (Å²) in [4.78, 5) is 13.5. The molecule has 0 saturated carbocycles. The molecule has 0 fully saturated rings. The van der Waals surface area contributed by atoms with Crippen molar-refractivity contribution in [3.63, 3.8) is 0 Å². The molecule has 4 nitrogen and oxygen atoms in total. The van der Waals surface area contributed by atoms with E-state index in [1.54, 1.807) is 18.7 Å². The van der Waals surface area contributed by atoms with Gasteiger partial charge in [0.15, 0.2) is 8.69 Å². The van der Waals surface area contributed by atoms with E-state index in [2.05, 4.69) is 9.97 Å². The van der Waals surface area contributed by atoms with Crippen molar-refractivity contribution >= 4 is 8.69 Å². The molecule has 1 aromatic heterocycles. The molecule has 1 atom stereocenters. The zero-order valence-corrected chi connectivity index (χ0v) is 5.27. The molecular weight excluding hydrogens is 127 g/mol. The standard InChI is InChI=1S/C3H4N2.H3O2P/c1-2-5-3-4-1;1-3-2/h1-3H,(H,4,5);3H2,(H,1,2). The lowest BCUT2D eigenvalue weighted by Gasteiger charge is -1.46. The van der Waals surface area contributed by atoms with Crippen molar-refractivity contribution in [1.29, 1.82) is 0 Å². The minimum atomic E-state index is -1.50. The van der Waals surface area contributed by atoms with E-state index in [0.29, 0.717) is 0 Å². The van der Waals surface area contributed by atoms with Crippen LogP contribution in [-0.4, -0.2) is 14.9 Å². The Kier molecular flexibility index (Phi) is 5.92. The zero-order valence-electron chi connectivity index (χ0n) is 4.11. The first kappa shape index (κ1) is 7.40. The first-order valence-electron chi connectivity index (χ1n) is 1.92. The maximum Gasteiger partial charge on any atom is 0.177 e. The molecule has 0 aromatic carbocycles. The van der Waals surface area contributed by atoms with E-state index in [1.807, 2.05) is 0 Å². The number of imidazole rings is 1. The van der Waals surface area contributed by atoms with Gasteiger partial charge >= 0.3 is 0 Å². The largest absolute Gasteiger partial charge is 0.351 e. The minimum absolute atomic E-state index is 1.50. The Hall–Kier alpha value is -0.600. The lowest BCUT2D eigenvalue weighted by Crippen LogP contribution is -1.44. The van der Waals surface area contributed by atoms with Crippen LogP contribution in [0.3, 0.4) is 0 Å². The number of nitrogens with zero attached hydrogens (tertiary/aromatic N) is 1. The van der Waals surface area contributed by atoms with Crippen LogP contribution in [-0.2, 0) is 4.57 Å². The summed E-state index contributed by atoms with van der Waals surface area (Å²) in [6, 6.07) is 0. The second-order valence-corrected chi connectivity index (χ2v) is 1.08. The van der Waals surface area contributed by atoms with E-state index >= 15 is 0 Å². The fourth-order valence-corrected chi connectivity index (χ4v) is 0.215. The van der Waals surface area contributed by atoms with Gasteiger partial charge in [0, 0.05) is 12.4 Å². The summed E-state index contributed by atoms with van der Waals surface area (Å²) in [5.41, 5.74) is 0. The SMILES string of the molecule is O=[PH2]O.c1c[nH]cn1. The summed E-state index contributed by atoms with van der Waals surface area (Å²) in [5.74, 6) is 0. The quantitative estimate of drug-likeness (QED) is 0.493. The Morgan fingerprint density at radius 2 is 2.38 bits per heavy atom. The molecule has 1 rings (SSSR count). The summed E-state index contributed by atoms with van der Waals surface area (Å²) in [6.07, 6.45) is 5.08. The average molecular weight is 134 g/mol. The number of aromatic amines is 1. The molecular formula is C3H7N2O2P. The minimum Gasteiger partial charge on any atom is -0.351 e. The Morgan fingerprint density at radius 1 is 1.75 bits per heavy atom. The highest BCUT2D eigenvalue weighted by Crippen LogP contribution is 1.66. The number of hydrogen-bond donors (Lipinski definition) is 2. The van der Waals surface area contributed by atoms with Gasteiger partial charge in [-0.3, -0.25) is 4.57 Å². The second-order valence-electron chi connectivity index (χ2n) is 0.866. The molecule has 46 valence electrons. The summed E-state index contributed by atoms with van der Waals surface area (Å²) >= 11 is 0. The number of H-pyrrole nitrogens is 1. The number of hydrogen-bond acceptors (Lipinski definition) is 2. The van der Waals surface area contributed by atoms with Crippen LogP contribution in [0.15, 0.2) is 18.7 Å². The van der Waals surface area contributed by atoms with Crippen LogP contribution < -0.4 is 0 Å². The van der Waals surface area contributed by atoms with Crippen molar-refractivity contribution in [3.05, 3.63) is 18.7 Å². The van der Waals surface area contributed by atoms with Crippen molar-refractivity contribution in [2.45, 2.75) is 0 Å². The Bertz CT molecular complexity index is 102. The van der Waals surface area contributed by atoms with E-state index in [1.165, 1.54) is 0 Å². The van der Waals surface area contributed by atoms with Gasteiger partial charge in [0.2, 0.25) is 0 Å². The molecule has 0 bridgehead atoms. The van der Waals surface area contributed by atoms with Gasteiger partial charge in [-0.2, -0.15) is 0 Å². The lowest BCUT2D eigenvalue weighted by atomic mass is 11.0. The molecule has 0 radical (unpaired) electrons. The summed E-state index contributed by atoms with van der Waals surface area (Å²) in [6.45, 7) is 0. The zero-order chi connectivity index (χ0) is 6.24. The summed E-state index contributed by atoms with van der Waals surface area (Å²) in [7, 11) is -1.50. The molecule has 0 aliphatic carbocycles. The molecule has 0 amide bonds. The Balaban J connectivity index is 0.000000145. The van der Waals surface area contributed by atoms with Crippen molar-refractivity contribution < 1.29 is 9.46 Å². The van der Waals surface area contributed by atoms with Gasteiger partial charge < -0.3 is 9.88 Å². The van der Waals surface area contributed by atoms with Gasteiger partial charge in [0.25, 0.3) is 0 Å². The van der Waals surface area contributed by atoms with Crippen LogP contribution in [0.1, 0.15) is 0 Å². The van der Waals surface area contributed by atoms with Crippen molar-refractivity contribution in [3.8, 4) is 0 Å². The highest BCUT2D eigenvalue weighted by Gasteiger charge is 1.56. The fourth-order valence-electron chi connectivity index (χ4n) is 0.215. The molecule has 0 aliphatic heterocycles. The Morgan fingerprint density at radius 3 is 2.50 bits per heavy atom. The number of aromatic nitrogens is 2. The van der Waals surface area contributed by atoms with Gasteiger partial charge in [-0.05, 0) is 0 Å². The van der Waals surface area contributed by atoms with Gasteiger partial charge in [-0.25, -0.2) is 4.98 Å².